The summed E-state index contributed by atoms with van der Waals surface area (Å²) >= 11 is 6.24. The average molecular weight is 270 g/mol. The highest BCUT2D eigenvalue weighted by Crippen LogP contribution is 2.17. The standard InChI is InChI=1S/C11H24ClNO2S/c1-4-10(5-2)11(12)9-13-7-6-8-16(3,14)15/h10-11,13H,4-9H2,1-3H3. The summed E-state index contributed by atoms with van der Waals surface area (Å²) in [6.07, 6.45) is 4.11. The van der Waals surface area contributed by atoms with Crippen LogP contribution in [0, 0.1) is 5.92 Å². The predicted molar refractivity (Wildman–Crippen MR) is 70.9 cm³/mol. The molecule has 5 heteroatoms. The van der Waals surface area contributed by atoms with Crippen LogP contribution in [-0.4, -0.2) is 38.9 Å². The fourth-order valence-corrected chi connectivity index (χ4v) is 2.80. The Labute approximate surface area is 105 Å². The summed E-state index contributed by atoms with van der Waals surface area (Å²) in [5.74, 6) is 0.793. The number of sulfone groups is 1. The molecule has 1 N–H and O–H groups in total. The van der Waals surface area contributed by atoms with Crippen LogP contribution in [0.4, 0.5) is 0 Å². The third-order valence-corrected chi connectivity index (χ3v) is 4.31. The molecule has 0 rings (SSSR count). The summed E-state index contributed by atoms with van der Waals surface area (Å²) in [4.78, 5) is 0. The van der Waals surface area contributed by atoms with E-state index in [9.17, 15) is 8.42 Å². The molecule has 1 atom stereocenters. The van der Waals surface area contributed by atoms with Gasteiger partial charge >= 0.3 is 0 Å². The van der Waals surface area contributed by atoms with Crippen LogP contribution >= 0.6 is 11.6 Å². The van der Waals surface area contributed by atoms with E-state index in [0.29, 0.717) is 12.3 Å². The van der Waals surface area contributed by atoms with Crippen molar-refractivity contribution in [3.05, 3.63) is 0 Å². The van der Waals surface area contributed by atoms with Gasteiger partial charge in [-0.3, -0.25) is 0 Å². The first-order valence-corrected chi connectivity index (χ1v) is 8.42. The first-order chi connectivity index (χ1) is 7.40. The molecule has 0 fully saturated rings. The molecule has 1 unspecified atom stereocenters. The molecule has 98 valence electrons. The predicted octanol–water partition coefficient (Wildman–Crippen LogP) is 2.05. The molecule has 0 spiro atoms. The number of rotatable bonds is 9. The Hall–Kier alpha value is 0.200. The van der Waals surface area contributed by atoms with E-state index >= 15 is 0 Å². The summed E-state index contributed by atoms with van der Waals surface area (Å²) in [5, 5.41) is 3.36. The van der Waals surface area contributed by atoms with E-state index in [1.54, 1.807) is 0 Å². The summed E-state index contributed by atoms with van der Waals surface area (Å²) in [6.45, 7) is 5.77. The van der Waals surface area contributed by atoms with Crippen molar-refractivity contribution in [2.45, 2.75) is 38.5 Å². The van der Waals surface area contributed by atoms with Gasteiger partial charge in [-0.2, -0.15) is 0 Å². The third-order valence-electron chi connectivity index (χ3n) is 2.77. The third kappa shape index (κ3) is 8.36. The first-order valence-electron chi connectivity index (χ1n) is 5.93. The zero-order valence-corrected chi connectivity index (χ0v) is 12.1. The Balaban J connectivity index is 3.58. The Morgan fingerprint density at radius 1 is 1.25 bits per heavy atom. The van der Waals surface area contributed by atoms with Gasteiger partial charge < -0.3 is 5.32 Å². The van der Waals surface area contributed by atoms with Crippen LogP contribution in [0.2, 0.25) is 0 Å². The highest BCUT2D eigenvalue weighted by molar-refractivity contribution is 7.90. The van der Waals surface area contributed by atoms with Crippen LogP contribution in [0.3, 0.4) is 0 Å². The molecule has 0 saturated heterocycles. The molecule has 0 radical (unpaired) electrons. The van der Waals surface area contributed by atoms with Crippen LogP contribution in [0.1, 0.15) is 33.1 Å². The Morgan fingerprint density at radius 2 is 1.81 bits per heavy atom. The molecule has 0 saturated carbocycles. The van der Waals surface area contributed by atoms with E-state index in [1.165, 1.54) is 6.26 Å². The van der Waals surface area contributed by atoms with E-state index in [2.05, 4.69) is 19.2 Å². The van der Waals surface area contributed by atoms with Crippen LogP contribution in [-0.2, 0) is 9.84 Å². The van der Waals surface area contributed by atoms with Crippen molar-refractivity contribution in [1.82, 2.24) is 5.32 Å². The van der Waals surface area contributed by atoms with Gasteiger partial charge in [0.25, 0.3) is 0 Å². The maximum atomic E-state index is 10.9. The Kier molecular flexibility index (Phi) is 8.42. The fourth-order valence-electron chi connectivity index (χ4n) is 1.67. The molecule has 0 amide bonds. The normalized spacial score (nSPS) is 14.3. The fraction of sp³-hybridized carbons (Fsp3) is 1.00. The quantitative estimate of drug-likeness (QED) is 0.515. The van der Waals surface area contributed by atoms with Crippen molar-refractivity contribution < 1.29 is 8.42 Å². The molecule has 16 heavy (non-hydrogen) atoms. The second-order valence-corrected chi connectivity index (χ2v) is 7.10. The van der Waals surface area contributed by atoms with E-state index in [-0.39, 0.29) is 11.1 Å². The highest BCUT2D eigenvalue weighted by atomic mass is 35.5. The second-order valence-electron chi connectivity index (χ2n) is 4.28. The minimum atomic E-state index is -2.82. The van der Waals surface area contributed by atoms with Gasteiger partial charge in [-0.05, 0) is 18.9 Å². The summed E-state index contributed by atoms with van der Waals surface area (Å²) in [5.41, 5.74) is 0. The lowest BCUT2D eigenvalue weighted by Gasteiger charge is -2.19. The van der Waals surface area contributed by atoms with Gasteiger partial charge in [0.2, 0.25) is 0 Å². The molecule has 0 aromatic rings. The van der Waals surface area contributed by atoms with E-state index in [1.807, 2.05) is 0 Å². The van der Waals surface area contributed by atoms with Crippen molar-refractivity contribution in [1.29, 1.82) is 0 Å². The second kappa shape index (κ2) is 8.31. The molecule has 0 aliphatic rings. The van der Waals surface area contributed by atoms with Gasteiger partial charge in [-0.1, -0.05) is 26.7 Å². The lowest BCUT2D eigenvalue weighted by atomic mass is 9.99. The molecular weight excluding hydrogens is 246 g/mol. The molecule has 0 bridgehead atoms. The van der Waals surface area contributed by atoms with Gasteiger partial charge in [-0.25, -0.2) is 8.42 Å². The Bertz CT molecular complexity index is 263. The monoisotopic (exact) mass is 269 g/mol. The van der Waals surface area contributed by atoms with E-state index in [4.69, 9.17) is 11.6 Å². The molecular formula is C11H24ClNO2S. The van der Waals surface area contributed by atoms with Crippen molar-refractivity contribution in [3.63, 3.8) is 0 Å². The van der Waals surface area contributed by atoms with Gasteiger partial charge in [0.05, 0.1) is 5.75 Å². The molecule has 0 aromatic carbocycles. The summed E-state index contributed by atoms with van der Waals surface area (Å²) in [7, 11) is -2.82. The smallest absolute Gasteiger partial charge is 0.147 e. The first kappa shape index (κ1) is 16.2. The largest absolute Gasteiger partial charge is 0.315 e. The highest BCUT2D eigenvalue weighted by Gasteiger charge is 2.14. The Morgan fingerprint density at radius 3 is 2.25 bits per heavy atom. The summed E-state index contributed by atoms with van der Waals surface area (Å²) in [6, 6.07) is 0. The molecule has 0 aromatic heterocycles. The zero-order valence-electron chi connectivity index (χ0n) is 10.5. The van der Waals surface area contributed by atoms with Gasteiger partial charge in [0, 0.05) is 18.2 Å². The number of nitrogens with one attached hydrogen (secondary N) is 1. The van der Waals surface area contributed by atoms with Crippen LogP contribution in [0.5, 0.6) is 0 Å². The minimum absolute atomic E-state index is 0.147. The minimum Gasteiger partial charge on any atom is -0.315 e. The number of alkyl halides is 1. The van der Waals surface area contributed by atoms with Crippen molar-refractivity contribution in [2.75, 3.05) is 25.1 Å². The maximum absolute atomic E-state index is 10.9. The van der Waals surface area contributed by atoms with Gasteiger partial charge in [0.1, 0.15) is 9.84 Å². The topological polar surface area (TPSA) is 46.2 Å². The lowest BCUT2D eigenvalue weighted by molar-refractivity contribution is 0.446. The number of hydrogen-bond acceptors (Lipinski definition) is 3. The number of hydrogen-bond donors (Lipinski definition) is 1. The van der Waals surface area contributed by atoms with Gasteiger partial charge in [-0.15, -0.1) is 11.6 Å². The van der Waals surface area contributed by atoms with Crippen molar-refractivity contribution in [3.8, 4) is 0 Å². The molecule has 0 aliphatic carbocycles. The van der Waals surface area contributed by atoms with Crippen LogP contribution in [0.15, 0.2) is 0 Å². The molecule has 0 aliphatic heterocycles. The van der Waals surface area contributed by atoms with Crippen LogP contribution in [0.25, 0.3) is 0 Å². The van der Waals surface area contributed by atoms with E-state index < -0.39 is 9.84 Å². The zero-order chi connectivity index (χ0) is 12.6. The molecule has 3 nitrogen and oxygen atoms in total. The summed E-state index contributed by atoms with van der Waals surface area (Å²) < 4.78 is 21.8. The average Bonchev–Trinajstić information content (AvgIpc) is 2.17. The van der Waals surface area contributed by atoms with Gasteiger partial charge in [0.15, 0.2) is 0 Å². The maximum Gasteiger partial charge on any atom is 0.147 e. The van der Waals surface area contributed by atoms with E-state index in [0.717, 1.165) is 25.9 Å². The van der Waals surface area contributed by atoms with Crippen molar-refractivity contribution in [2.24, 2.45) is 5.92 Å². The number of halogens is 1. The van der Waals surface area contributed by atoms with Crippen LogP contribution < -0.4 is 5.32 Å². The lowest BCUT2D eigenvalue weighted by Crippen LogP contribution is -2.30. The SMILES string of the molecule is CCC(CC)C(Cl)CNCCCS(C)(=O)=O. The van der Waals surface area contributed by atoms with Crippen molar-refractivity contribution >= 4 is 21.4 Å². The molecule has 0 heterocycles.